The monoisotopic (exact) mass is 262 g/mol. The van der Waals surface area contributed by atoms with Crippen LogP contribution in [0.4, 0.5) is 0 Å². The van der Waals surface area contributed by atoms with E-state index in [4.69, 9.17) is 4.42 Å². The molecule has 4 nitrogen and oxygen atoms in total. The maximum Gasteiger partial charge on any atom is 0.272 e. The quantitative estimate of drug-likeness (QED) is 0.665. The largest absolute Gasteiger partial charge is 0.472 e. The van der Waals surface area contributed by atoms with Crippen LogP contribution in [0.15, 0.2) is 39.6 Å². The van der Waals surface area contributed by atoms with Crippen LogP contribution in [-0.2, 0) is 6.42 Å². The Labute approximate surface area is 109 Å². The number of aryl methyl sites for hydroxylation is 1. The molecule has 0 fully saturated rings. The third-order valence-electron chi connectivity index (χ3n) is 2.34. The maximum absolute atomic E-state index is 11.7. The van der Waals surface area contributed by atoms with E-state index in [2.05, 4.69) is 17.5 Å². The van der Waals surface area contributed by atoms with Crippen LogP contribution in [0.2, 0.25) is 0 Å². The molecule has 2 heterocycles. The number of carbonyl (C=O) groups excluding carboxylic acids is 1. The molecule has 0 aliphatic carbocycles. The molecule has 94 valence electrons. The molecular formula is C13H14N2O2S. The number of amides is 1. The first kappa shape index (κ1) is 12.6. The molecule has 0 unspecified atom stereocenters. The van der Waals surface area contributed by atoms with Crippen molar-refractivity contribution >= 4 is 23.5 Å². The summed E-state index contributed by atoms with van der Waals surface area (Å²) >= 11 is 1.61. The second-order valence-electron chi connectivity index (χ2n) is 3.81. The smallest absolute Gasteiger partial charge is 0.272 e. The molecule has 0 bridgehead atoms. The van der Waals surface area contributed by atoms with Gasteiger partial charge in [0.2, 0.25) is 0 Å². The molecule has 2 aromatic rings. The molecule has 0 spiro atoms. The molecule has 0 saturated heterocycles. The van der Waals surface area contributed by atoms with Crippen molar-refractivity contribution in [2.75, 3.05) is 0 Å². The minimum Gasteiger partial charge on any atom is -0.472 e. The van der Waals surface area contributed by atoms with Crippen LogP contribution < -0.4 is 5.43 Å². The standard InChI is InChI=1S/C13H14N2O2S/c1-2-3-12-6-11(9-18-12)13(16)15-14-7-10-4-5-17-8-10/h4-9H,2-3H2,1H3,(H,15,16)/b14-7-. The Kier molecular flexibility index (Phi) is 4.30. The summed E-state index contributed by atoms with van der Waals surface area (Å²) < 4.78 is 4.88. The van der Waals surface area contributed by atoms with Gasteiger partial charge in [-0.05, 0) is 18.6 Å². The minimum atomic E-state index is -0.187. The predicted octanol–water partition coefficient (Wildman–Crippen LogP) is 3.06. The molecule has 0 aromatic carbocycles. The van der Waals surface area contributed by atoms with E-state index < -0.39 is 0 Å². The highest BCUT2D eigenvalue weighted by Gasteiger charge is 2.07. The second-order valence-corrected chi connectivity index (χ2v) is 4.80. The summed E-state index contributed by atoms with van der Waals surface area (Å²) in [6.45, 7) is 2.12. The zero-order valence-corrected chi connectivity index (χ0v) is 10.9. The number of hydrogen-bond acceptors (Lipinski definition) is 4. The lowest BCUT2D eigenvalue weighted by atomic mass is 10.2. The van der Waals surface area contributed by atoms with Gasteiger partial charge < -0.3 is 4.42 Å². The third-order valence-corrected chi connectivity index (χ3v) is 3.33. The second kappa shape index (κ2) is 6.16. The van der Waals surface area contributed by atoms with Gasteiger partial charge in [-0.1, -0.05) is 13.3 Å². The van der Waals surface area contributed by atoms with Crippen molar-refractivity contribution in [1.29, 1.82) is 0 Å². The first-order valence-corrected chi connectivity index (χ1v) is 6.60. The van der Waals surface area contributed by atoms with Gasteiger partial charge >= 0.3 is 0 Å². The van der Waals surface area contributed by atoms with E-state index in [1.54, 1.807) is 36.1 Å². The first-order valence-electron chi connectivity index (χ1n) is 5.72. The molecule has 1 N–H and O–H groups in total. The van der Waals surface area contributed by atoms with Crippen molar-refractivity contribution in [3.8, 4) is 0 Å². The molecule has 1 amide bonds. The van der Waals surface area contributed by atoms with Crippen molar-refractivity contribution in [3.05, 3.63) is 46.0 Å². The Morgan fingerprint density at radius 2 is 2.50 bits per heavy atom. The molecule has 2 rings (SSSR count). The highest BCUT2D eigenvalue weighted by atomic mass is 32.1. The van der Waals surface area contributed by atoms with Crippen LogP contribution in [0.1, 0.15) is 34.1 Å². The summed E-state index contributed by atoms with van der Waals surface area (Å²) in [5.41, 5.74) is 3.96. The molecule has 2 aromatic heterocycles. The summed E-state index contributed by atoms with van der Waals surface area (Å²) in [7, 11) is 0. The number of carbonyl (C=O) groups is 1. The fourth-order valence-electron chi connectivity index (χ4n) is 1.46. The summed E-state index contributed by atoms with van der Waals surface area (Å²) in [4.78, 5) is 13.0. The molecule has 0 radical (unpaired) electrons. The number of nitrogens with zero attached hydrogens (tertiary/aromatic N) is 1. The van der Waals surface area contributed by atoms with Gasteiger partial charge in [-0.2, -0.15) is 5.10 Å². The lowest BCUT2D eigenvalue weighted by Crippen LogP contribution is -2.16. The molecule has 5 heteroatoms. The minimum absolute atomic E-state index is 0.187. The van der Waals surface area contributed by atoms with Crippen molar-refractivity contribution in [1.82, 2.24) is 5.43 Å². The van der Waals surface area contributed by atoms with E-state index in [0.29, 0.717) is 5.56 Å². The zero-order chi connectivity index (χ0) is 12.8. The highest BCUT2D eigenvalue weighted by molar-refractivity contribution is 7.10. The summed E-state index contributed by atoms with van der Waals surface area (Å²) in [5, 5.41) is 5.72. The van der Waals surface area contributed by atoms with Crippen LogP contribution in [-0.4, -0.2) is 12.1 Å². The molecular weight excluding hydrogens is 248 g/mol. The Morgan fingerprint density at radius 1 is 1.61 bits per heavy atom. The Bertz CT molecular complexity index is 529. The van der Waals surface area contributed by atoms with E-state index in [1.807, 2.05) is 11.4 Å². The van der Waals surface area contributed by atoms with E-state index in [9.17, 15) is 4.79 Å². The molecule has 0 aliphatic rings. The number of thiophene rings is 1. The first-order chi connectivity index (χ1) is 8.79. The molecule has 0 saturated carbocycles. The van der Waals surface area contributed by atoms with Crippen molar-refractivity contribution < 1.29 is 9.21 Å². The van der Waals surface area contributed by atoms with Crippen molar-refractivity contribution in [2.45, 2.75) is 19.8 Å². The van der Waals surface area contributed by atoms with Gasteiger partial charge in [-0.25, -0.2) is 5.43 Å². The number of rotatable bonds is 5. The Morgan fingerprint density at radius 3 is 3.22 bits per heavy atom. The van der Waals surface area contributed by atoms with Crippen LogP contribution in [0.3, 0.4) is 0 Å². The molecule has 18 heavy (non-hydrogen) atoms. The Balaban J connectivity index is 1.91. The van der Waals surface area contributed by atoms with Gasteiger partial charge in [0.25, 0.3) is 5.91 Å². The normalized spacial score (nSPS) is 10.9. The predicted molar refractivity (Wildman–Crippen MR) is 72.1 cm³/mol. The lowest BCUT2D eigenvalue weighted by Gasteiger charge is -1.94. The van der Waals surface area contributed by atoms with E-state index >= 15 is 0 Å². The van der Waals surface area contributed by atoms with Crippen LogP contribution in [0.5, 0.6) is 0 Å². The van der Waals surface area contributed by atoms with Gasteiger partial charge in [0, 0.05) is 15.8 Å². The summed E-state index contributed by atoms with van der Waals surface area (Å²) in [6, 6.07) is 3.68. The van der Waals surface area contributed by atoms with Crippen LogP contribution in [0, 0.1) is 0 Å². The number of hydrogen-bond donors (Lipinski definition) is 1. The lowest BCUT2D eigenvalue weighted by molar-refractivity contribution is 0.0955. The van der Waals surface area contributed by atoms with E-state index in [0.717, 1.165) is 18.4 Å². The number of hydrazone groups is 1. The average molecular weight is 262 g/mol. The Hall–Kier alpha value is -1.88. The van der Waals surface area contributed by atoms with Gasteiger partial charge in [-0.3, -0.25) is 4.79 Å². The average Bonchev–Trinajstić information content (AvgIpc) is 3.00. The van der Waals surface area contributed by atoms with Gasteiger partial charge in [0.05, 0.1) is 24.3 Å². The number of nitrogens with one attached hydrogen (secondary N) is 1. The van der Waals surface area contributed by atoms with Crippen molar-refractivity contribution in [3.63, 3.8) is 0 Å². The SMILES string of the molecule is CCCc1cc(C(=O)N/N=C\c2ccoc2)cs1. The van der Waals surface area contributed by atoms with Gasteiger partial charge in [-0.15, -0.1) is 11.3 Å². The van der Waals surface area contributed by atoms with Crippen LogP contribution >= 0.6 is 11.3 Å². The van der Waals surface area contributed by atoms with Gasteiger partial charge in [0.1, 0.15) is 0 Å². The zero-order valence-electron chi connectivity index (χ0n) is 10.1. The number of furan rings is 1. The summed E-state index contributed by atoms with van der Waals surface area (Å²) in [5.74, 6) is -0.187. The highest BCUT2D eigenvalue weighted by Crippen LogP contribution is 2.16. The topological polar surface area (TPSA) is 54.6 Å². The van der Waals surface area contributed by atoms with E-state index in [-0.39, 0.29) is 5.91 Å². The molecule has 0 aliphatic heterocycles. The van der Waals surface area contributed by atoms with Crippen LogP contribution in [0.25, 0.3) is 0 Å². The van der Waals surface area contributed by atoms with Gasteiger partial charge in [0.15, 0.2) is 0 Å². The molecule has 0 atom stereocenters. The summed E-state index contributed by atoms with van der Waals surface area (Å²) in [6.07, 6.45) is 6.75. The maximum atomic E-state index is 11.7. The fraction of sp³-hybridized carbons (Fsp3) is 0.231. The van der Waals surface area contributed by atoms with Crippen molar-refractivity contribution in [2.24, 2.45) is 5.10 Å². The fourth-order valence-corrected chi connectivity index (χ4v) is 2.43. The third kappa shape index (κ3) is 3.30. The van der Waals surface area contributed by atoms with E-state index in [1.165, 1.54) is 4.88 Å².